The molecule has 0 unspecified atom stereocenters. The van der Waals surface area contributed by atoms with E-state index in [1.54, 1.807) is 0 Å². The molecule has 0 amide bonds. The summed E-state index contributed by atoms with van der Waals surface area (Å²) in [6.45, 7) is 8.36. The summed E-state index contributed by atoms with van der Waals surface area (Å²) in [5.74, 6) is 2.29. The van der Waals surface area contributed by atoms with E-state index < -0.39 is 0 Å². The van der Waals surface area contributed by atoms with Crippen molar-refractivity contribution in [3.63, 3.8) is 0 Å². The van der Waals surface area contributed by atoms with Crippen molar-refractivity contribution in [1.29, 1.82) is 0 Å². The Bertz CT molecular complexity index is 625. The van der Waals surface area contributed by atoms with Crippen molar-refractivity contribution >= 4 is 0 Å². The molecule has 1 saturated heterocycles. The number of aromatic nitrogens is 6. The molecule has 1 N–H and O–H groups in total. The fourth-order valence-corrected chi connectivity index (χ4v) is 3.04. The van der Waals surface area contributed by atoms with Crippen LogP contribution in [-0.2, 0) is 19.6 Å². The molecule has 9 nitrogen and oxygen atoms in total. The zero-order valence-electron chi connectivity index (χ0n) is 14.5. The second-order valence-electron chi connectivity index (χ2n) is 6.36. The van der Waals surface area contributed by atoms with Gasteiger partial charge in [0.2, 0.25) is 5.89 Å². The molecule has 24 heavy (non-hydrogen) atoms. The highest BCUT2D eigenvalue weighted by molar-refractivity contribution is 4.88. The molecule has 132 valence electrons. The molecule has 0 aliphatic carbocycles. The van der Waals surface area contributed by atoms with Crippen molar-refractivity contribution in [3.8, 4) is 0 Å². The summed E-state index contributed by atoms with van der Waals surface area (Å²) in [4.78, 5) is 6.65. The third-order valence-electron chi connectivity index (χ3n) is 4.32. The van der Waals surface area contributed by atoms with Crippen LogP contribution in [0.5, 0.6) is 0 Å². The second kappa shape index (κ2) is 8.29. The first kappa shape index (κ1) is 17.0. The monoisotopic (exact) mass is 334 g/mol. The van der Waals surface area contributed by atoms with Gasteiger partial charge in [0.25, 0.3) is 0 Å². The summed E-state index contributed by atoms with van der Waals surface area (Å²) in [7, 11) is 0. The van der Waals surface area contributed by atoms with Gasteiger partial charge < -0.3 is 9.84 Å². The van der Waals surface area contributed by atoms with Gasteiger partial charge in [-0.2, -0.15) is 4.98 Å². The van der Waals surface area contributed by atoms with Gasteiger partial charge in [-0.1, -0.05) is 18.5 Å². The zero-order chi connectivity index (χ0) is 16.8. The van der Waals surface area contributed by atoms with Crippen LogP contribution in [0.25, 0.3) is 0 Å². The summed E-state index contributed by atoms with van der Waals surface area (Å²) in [5, 5.41) is 19.6. The number of hydrogen-bond acceptors (Lipinski definition) is 8. The number of tetrazole rings is 1. The Labute approximate surface area is 141 Å². The molecule has 3 heterocycles. The van der Waals surface area contributed by atoms with E-state index in [0.717, 1.165) is 63.5 Å². The predicted octanol–water partition coefficient (Wildman–Crippen LogP) is 0.919. The van der Waals surface area contributed by atoms with Gasteiger partial charge in [0.05, 0.1) is 13.1 Å². The first-order chi connectivity index (χ1) is 11.7. The van der Waals surface area contributed by atoms with Gasteiger partial charge in [-0.05, 0) is 36.2 Å². The van der Waals surface area contributed by atoms with E-state index in [4.69, 9.17) is 4.52 Å². The lowest BCUT2D eigenvalue weighted by Gasteiger charge is -2.32. The molecule has 2 aromatic heterocycles. The summed E-state index contributed by atoms with van der Waals surface area (Å²) < 4.78 is 6.95. The molecule has 1 atom stereocenters. The summed E-state index contributed by atoms with van der Waals surface area (Å²) in [5.41, 5.74) is 0. The molecule has 9 heteroatoms. The van der Waals surface area contributed by atoms with E-state index in [0.29, 0.717) is 18.5 Å². The molecule has 0 saturated carbocycles. The standard InChI is InChI=1S/C15H26N8O/c1-3-4-8-23-15(18-20-21-23)9-16-13-6-5-7-22(10-13)11-14-17-12(2)24-19-14/h13,16H,3-11H2,1-2H3/t13-/m1/s1. The molecule has 1 fully saturated rings. The van der Waals surface area contributed by atoms with Crippen molar-refractivity contribution in [2.24, 2.45) is 0 Å². The van der Waals surface area contributed by atoms with Gasteiger partial charge in [0.15, 0.2) is 11.6 Å². The molecular weight excluding hydrogens is 308 g/mol. The molecule has 1 aliphatic rings. The average Bonchev–Trinajstić information content (AvgIpc) is 3.20. The highest BCUT2D eigenvalue weighted by atomic mass is 16.5. The van der Waals surface area contributed by atoms with Crippen molar-refractivity contribution in [2.45, 2.75) is 65.2 Å². The van der Waals surface area contributed by atoms with Crippen LogP contribution in [0, 0.1) is 6.92 Å². The summed E-state index contributed by atoms with van der Waals surface area (Å²) in [6, 6.07) is 0.433. The first-order valence-corrected chi connectivity index (χ1v) is 8.74. The number of nitrogens with one attached hydrogen (secondary N) is 1. The first-order valence-electron chi connectivity index (χ1n) is 8.74. The number of unbranched alkanes of at least 4 members (excludes halogenated alkanes) is 1. The fourth-order valence-electron chi connectivity index (χ4n) is 3.04. The second-order valence-corrected chi connectivity index (χ2v) is 6.36. The molecule has 0 aromatic carbocycles. The van der Waals surface area contributed by atoms with Crippen LogP contribution in [0.3, 0.4) is 0 Å². The fraction of sp³-hybridized carbons (Fsp3) is 0.800. The SMILES string of the molecule is CCCCn1nnnc1CN[C@@H]1CCCN(Cc2noc(C)n2)C1. The van der Waals surface area contributed by atoms with Crippen LogP contribution >= 0.6 is 0 Å². The third-order valence-corrected chi connectivity index (χ3v) is 4.32. The van der Waals surface area contributed by atoms with Crippen molar-refractivity contribution in [2.75, 3.05) is 13.1 Å². The maximum Gasteiger partial charge on any atom is 0.223 e. The molecule has 2 aromatic rings. The predicted molar refractivity (Wildman–Crippen MR) is 86.9 cm³/mol. The Kier molecular flexibility index (Phi) is 5.86. The van der Waals surface area contributed by atoms with Gasteiger partial charge in [-0.3, -0.25) is 4.90 Å². The molecule has 1 aliphatic heterocycles. The van der Waals surface area contributed by atoms with E-state index >= 15 is 0 Å². The Morgan fingerprint density at radius 1 is 1.38 bits per heavy atom. The highest BCUT2D eigenvalue weighted by Gasteiger charge is 2.21. The molecule has 3 rings (SSSR count). The summed E-state index contributed by atoms with van der Waals surface area (Å²) >= 11 is 0. The highest BCUT2D eigenvalue weighted by Crippen LogP contribution is 2.13. The Morgan fingerprint density at radius 3 is 3.08 bits per heavy atom. The zero-order valence-corrected chi connectivity index (χ0v) is 14.5. The van der Waals surface area contributed by atoms with Gasteiger partial charge in [-0.25, -0.2) is 4.68 Å². The van der Waals surface area contributed by atoms with Crippen LogP contribution in [0.2, 0.25) is 0 Å². The van der Waals surface area contributed by atoms with Gasteiger partial charge >= 0.3 is 0 Å². The minimum Gasteiger partial charge on any atom is -0.340 e. The molecule has 0 spiro atoms. The average molecular weight is 334 g/mol. The quantitative estimate of drug-likeness (QED) is 0.761. The number of likely N-dealkylation sites (tertiary alicyclic amines) is 1. The van der Waals surface area contributed by atoms with Gasteiger partial charge in [0, 0.05) is 26.1 Å². The number of hydrogen-bond donors (Lipinski definition) is 1. The number of nitrogens with zero attached hydrogens (tertiary/aromatic N) is 7. The van der Waals surface area contributed by atoms with Crippen LogP contribution < -0.4 is 5.32 Å². The van der Waals surface area contributed by atoms with Crippen LogP contribution in [-0.4, -0.2) is 54.4 Å². The Morgan fingerprint density at radius 2 is 2.29 bits per heavy atom. The van der Waals surface area contributed by atoms with E-state index in [9.17, 15) is 0 Å². The van der Waals surface area contributed by atoms with Crippen molar-refractivity contribution in [1.82, 2.24) is 40.6 Å². The van der Waals surface area contributed by atoms with E-state index in [2.05, 4.69) is 42.8 Å². The van der Waals surface area contributed by atoms with Crippen molar-refractivity contribution < 1.29 is 4.52 Å². The molecule has 0 bridgehead atoms. The number of piperidine rings is 1. The lowest BCUT2D eigenvalue weighted by atomic mass is 10.1. The third kappa shape index (κ3) is 4.57. The summed E-state index contributed by atoms with van der Waals surface area (Å²) in [6.07, 6.45) is 4.56. The van der Waals surface area contributed by atoms with Crippen molar-refractivity contribution in [3.05, 3.63) is 17.5 Å². The molecular formula is C15H26N8O. The molecule has 0 radical (unpaired) electrons. The minimum atomic E-state index is 0.433. The van der Waals surface area contributed by atoms with Crippen LogP contribution in [0.1, 0.15) is 50.1 Å². The largest absolute Gasteiger partial charge is 0.340 e. The van der Waals surface area contributed by atoms with Gasteiger partial charge in [0.1, 0.15) is 0 Å². The minimum absolute atomic E-state index is 0.433. The van der Waals surface area contributed by atoms with Crippen LogP contribution in [0.4, 0.5) is 0 Å². The van der Waals surface area contributed by atoms with E-state index in [-0.39, 0.29) is 0 Å². The lowest BCUT2D eigenvalue weighted by Crippen LogP contribution is -2.45. The Hall–Kier alpha value is -1.87. The smallest absolute Gasteiger partial charge is 0.223 e. The maximum atomic E-state index is 5.05. The maximum absolute atomic E-state index is 5.05. The normalized spacial score (nSPS) is 19.0. The van der Waals surface area contributed by atoms with E-state index in [1.807, 2.05) is 11.6 Å². The van der Waals surface area contributed by atoms with Gasteiger partial charge in [-0.15, -0.1) is 5.10 Å². The number of aryl methyl sites for hydroxylation is 2. The topological polar surface area (TPSA) is 97.8 Å². The lowest BCUT2D eigenvalue weighted by molar-refractivity contribution is 0.176. The number of rotatable bonds is 8. The Balaban J connectivity index is 1.48. The van der Waals surface area contributed by atoms with Crippen LogP contribution in [0.15, 0.2) is 4.52 Å². The van der Waals surface area contributed by atoms with E-state index in [1.165, 1.54) is 0 Å².